The molecule has 8 heteroatoms. The monoisotopic (exact) mass is 411 g/mol. The summed E-state index contributed by atoms with van der Waals surface area (Å²) in [6.45, 7) is 0. The number of benzene rings is 1. The number of halogens is 2. The van der Waals surface area contributed by atoms with Gasteiger partial charge in [0, 0.05) is 29.5 Å². The zero-order valence-corrected chi connectivity index (χ0v) is 16.1. The highest BCUT2D eigenvalue weighted by Gasteiger charge is 2.42. The minimum atomic E-state index is -0.128. The standard InChI is InChI=1S/C20H15Cl2N5O/c21-14-2-1-3-15(22)18(14)16-7-11-8-17(25-9-13(11)19(24)26-16)27-20(28)12-6-10(12)4-5-23/h1-3,7-10,12H,4,6H2,(H2,24,26)(H,25,27,28)/t10-,12?/m1/s1. The third kappa shape index (κ3) is 3.47. The maximum atomic E-state index is 12.3. The van der Waals surface area contributed by atoms with E-state index in [2.05, 4.69) is 21.4 Å². The Morgan fingerprint density at radius 1 is 1.32 bits per heavy atom. The second kappa shape index (κ2) is 7.27. The predicted octanol–water partition coefficient (Wildman–Crippen LogP) is 4.67. The molecule has 1 fully saturated rings. The Balaban J connectivity index is 1.67. The van der Waals surface area contributed by atoms with Gasteiger partial charge < -0.3 is 11.1 Å². The molecule has 1 aliphatic carbocycles. The number of carbonyl (C=O) groups excluding carboxylic acids is 1. The van der Waals surface area contributed by atoms with Gasteiger partial charge in [0.25, 0.3) is 0 Å². The molecule has 0 bridgehead atoms. The van der Waals surface area contributed by atoms with Crippen LogP contribution in [-0.4, -0.2) is 15.9 Å². The first-order valence-electron chi connectivity index (χ1n) is 8.66. The van der Waals surface area contributed by atoms with E-state index in [9.17, 15) is 4.79 Å². The average Bonchev–Trinajstić information content (AvgIpc) is 3.41. The Bertz CT molecular complexity index is 1120. The van der Waals surface area contributed by atoms with Gasteiger partial charge in [0.1, 0.15) is 11.6 Å². The van der Waals surface area contributed by atoms with Gasteiger partial charge in [0.2, 0.25) is 5.91 Å². The van der Waals surface area contributed by atoms with Gasteiger partial charge in [-0.3, -0.25) is 4.79 Å². The number of nitrogens with two attached hydrogens (primary N) is 1. The van der Waals surface area contributed by atoms with Crippen molar-refractivity contribution in [2.45, 2.75) is 12.8 Å². The number of nitrogens with zero attached hydrogens (tertiary/aromatic N) is 3. The fraction of sp³-hybridized carbons (Fsp3) is 0.200. The Kier molecular flexibility index (Phi) is 4.80. The summed E-state index contributed by atoms with van der Waals surface area (Å²) in [5.74, 6) is 0.604. The molecule has 1 aliphatic rings. The van der Waals surface area contributed by atoms with Crippen LogP contribution < -0.4 is 11.1 Å². The molecule has 0 radical (unpaired) electrons. The quantitative estimate of drug-likeness (QED) is 0.648. The number of nitriles is 1. The van der Waals surface area contributed by atoms with Crippen molar-refractivity contribution in [3.05, 3.63) is 46.6 Å². The fourth-order valence-corrected chi connectivity index (χ4v) is 3.83. The summed E-state index contributed by atoms with van der Waals surface area (Å²) in [6, 6.07) is 10.9. The zero-order valence-electron chi connectivity index (χ0n) is 14.6. The molecule has 2 heterocycles. The Labute approximate surface area is 171 Å². The van der Waals surface area contributed by atoms with Gasteiger partial charge >= 0.3 is 0 Å². The largest absolute Gasteiger partial charge is 0.383 e. The van der Waals surface area contributed by atoms with Crippen molar-refractivity contribution < 1.29 is 4.79 Å². The number of nitrogen functional groups attached to an aromatic ring is 1. The van der Waals surface area contributed by atoms with Gasteiger partial charge in [-0.25, -0.2) is 9.97 Å². The number of rotatable bonds is 4. The van der Waals surface area contributed by atoms with Crippen LogP contribution in [-0.2, 0) is 4.79 Å². The summed E-state index contributed by atoms with van der Waals surface area (Å²) in [5, 5.41) is 13.9. The Hall–Kier alpha value is -2.88. The number of anilines is 2. The molecule has 140 valence electrons. The first-order chi connectivity index (χ1) is 13.5. The van der Waals surface area contributed by atoms with Crippen LogP contribution in [0.5, 0.6) is 0 Å². The van der Waals surface area contributed by atoms with Crippen molar-refractivity contribution in [2.24, 2.45) is 11.8 Å². The Morgan fingerprint density at radius 3 is 2.79 bits per heavy atom. The van der Waals surface area contributed by atoms with Crippen LogP contribution in [0.15, 0.2) is 36.5 Å². The molecule has 1 unspecified atom stereocenters. The minimum Gasteiger partial charge on any atom is -0.383 e. The van der Waals surface area contributed by atoms with E-state index in [4.69, 9.17) is 34.2 Å². The van der Waals surface area contributed by atoms with E-state index in [1.165, 1.54) is 0 Å². The number of pyridine rings is 2. The highest BCUT2D eigenvalue weighted by molar-refractivity contribution is 6.39. The lowest BCUT2D eigenvalue weighted by Crippen LogP contribution is -2.15. The van der Waals surface area contributed by atoms with Gasteiger partial charge in [0.15, 0.2) is 0 Å². The molecule has 1 aromatic carbocycles. The van der Waals surface area contributed by atoms with E-state index in [0.29, 0.717) is 44.7 Å². The van der Waals surface area contributed by atoms with Crippen LogP contribution in [0.4, 0.5) is 11.6 Å². The van der Waals surface area contributed by atoms with Gasteiger partial charge in [-0.15, -0.1) is 0 Å². The summed E-state index contributed by atoms with van der Waals surface area (Å²) in [4.78, 5) is 21.0. The summed E-state index contributed by atoms with van der Waals surface area (Å²) < 4.78 is 0. The summed E-state index contributed by atoms with van der Waals surface area (Å²) >= 11 is 12.6. The SMILES string of the molecule is N#CC[C@@H]1CC1C(=O)Nc1cc2cc(-c3c(Cl)cccc3Cl)nc(N)c2cn1. The highest BCUT2D eigenvalue weighted by Crippen LogP contribution is 2.42. The molecule has 2 aromatic heterocycles. The lowest BCUT2D eigenvalue weighted by atomic mass is 10.1. The minimum absolute atomic E-state index is 0.122. The first-order valence-corrected chi connectivity index (χ1v) is 9.42. The molecule has 6 nitrogen and oxygen atoms in total. The number of hydrogen-bond acceptors (Lipinski definition) is 5. The number of carbonyl (C=O) groups is 1. The smallest absolute Gasteiger partial charge is 0.228 e. The molecule has 4 rings (SSSR count). The lowest BCUT2D eigenvalue weighted by molar-refractivity contribution is -0.117. The van der Waals surface area contributed by atoms with Crippen molar-refractivity contribution >= 4 is 51.5 Å². The first kappa shape index (κ1) is 18.5. The van der Waals surface area contributed by atoms with Crippen LogP contribution in [0.3, 0.4) is 0 Å². The highest BCUT2D eigenvalue weighted by atomic mass is 35.5. The molecule has 0 spiro atoms. The van der Waals surface area contributed by atoms with Crippen LogP contribution in [0.25, 0.3) is 22.0 Å². The third-order valence-corrected chi connectivity index (χ3v) is 5.46. The van der Waals surface area contributed by atoms with Crippen LogP contribution >= 0.6 is 23.2 Å². The second-order valence-electron chi connectivity index (χ2n) is 6.73. The van der Waals surface area contributed by atoms with Crippen LogP contribution in [0.1, 0.15) is 12.8 Å². The number of hydrogen-bond donors (Lipinski definition) is 2. The van der Waals surface area contributed by atoms with E-state index >= 15 is 0 Å². The summed E-state index contributed by atoms with van der Waals surface area (Å²) in [7, 11) is 0. The van der Waals surface area contributed by atoms with Crippen LogP contribution in [0.2, 0.25) is 10.0 Å². The second-order valence-corrected chi connectivity index (χ2v) is 7.55. The van der Waals surface area contributed by atoms with E-state index in [1.54, 1.807) is 30.5 Å². The molecule has 28 heavy (non-hydrogen) atoms. The molecule has 1 saturated carbocycles. The number of fused-ring (bicyclic) bond motifs is 1. The van der Waals surface area contributed by atoms with Crippen LogP contribution in [0, 0.1) is 23.2 Å². The topological polar surface area (TPSA) is 105 Å². The average molecular weight is 412 g/mol. The van der Waals surface area contributed by atoms with Crippen molar-refractivity contribution in [3.8, 4) is 17.3 Å². The van der Waals surface area contributed by atoms with Crippen molar-refractivity contribution in [1.29, 1.82) is 5.26 Å². The van der Waals surface area contributed by atoms with Gasteiger partial charge in [0.05, 0.1) is 21.8 Å². The molecule has 0 aliphatic heterocycles. The normalized spacial score (nSPS) is 17.9. The molecular weight excluding hydrogens is 397 g/mol. The molecule has 2 atom stereocenters. The third-order valence-electron chi connectivity index (χ3n) is 4.83. The van der Waals surface area contributed by atoms with Gasteiger partial charge in [-0.2, -0.15) is 5.26 Å². The molecule has 1 amide bonds. The van der Waals surface area contributed by atoms with Gasteiger partial charge in [-0.05, 0) is 42.0 Å². The molecule has 3 aromatic rings. The lowest BCUT2D eigenvalue weighted by Gasteiger charge is -2.11. The van der Waals surface area contributed by atoms with E-state index in [0.717, 1.165) is 11.8 Å². The van der Waals surface area contributed by atoms with Crippen molar-refractivity contribution in [1.82, 2.24) is 9.97 Å². The Morgan fingerprint density at radius 2 is 2.07 bits per heavy atom. The van der Waals surface area contributed by atoms with E-state index in [1.807, 2.05) is 6.07 Å². The maximum Gasteiger partial charge on any atom is 0.228 e. The number of amides is 1. The van der Waals surface area contributed by atoms with E-state index in [-0.39, 0.29) is 17.7 Å². The molecular formula is C20H15Cl2N5O. The number of nitrogens with one attached hydrogen (secondary N) is 1. The summed E-state index contributed by atoms with van der Waals surface area (Å²) in [5.41, 5.74) is 7.24. The maximum absolute atomic E-state index is 12.3. The van der Waals surface area contributed by atoms with Crippen molar-refractivity contribution in [2.75, 3.05) is 11.1 Å². The summed E-state index contributed by atoms with van der Waals surface area (Å²) in [6.07, 6.45) is 2.71. The van der Waals surface area contributed by atoms with Gasteiger partial charge in [-0.1, -0.05) is 29.3 Å². The number of aromatic nitrogens is 2. The molecule has 3 N–H and O–H groups in total. The molecule has 0 saturated heterocycles. The zero-order chi connectivity index (χ0) is 19.8. The van der Waals surface area contributed by atoms with Crippen molar-refractivity contribution in [3.63, 3.8) is 0 Å². The van der Waals surface area contributed by atoms with E-state index < -0.39 is 0 Å². The fourth-order valence-electron chi connectivity index (χ4n) is 3.24. The predicted molar refractivity (Wildman–Crippen MR) is 110 cm³/mol.